The number of anilines is 1. The molecule has 0 fully saturated rings. The number of carbonyl (C=O) groups excluding carboxylic acids is 1. The number of aryl methyl sites for hydroxylation is 1. The summed E-state index contributed by atoms with van der Waals surface area (Å²) >= 11 is 0. The van der Waals surface area contributed by atoms with Gasteiger partial charge in [0.1, 0.15) is 0 Å². The minimum Gasteiger partial charge on any atom is -0.312 e. The highest BCUT2D eigenvalue weighted by atomic mass is 16.2. The highest BCUT2D eigenvalue weighted by molar-refractivity contribution is 6.00. The summed E-state index contributed by atoms with van der Waals surface area (Å²) in [6.45, 7) is 4.71. The summed E-state index contributed by atoms with van der Waals surface area (Å²) in [7, 11) is 0. The van der Waals surface area contributed by atoms with Crippen LogP contribution >= 0.6 is 0 Å². The van der Waals surface area contributed by atoms with E-state index < -0.39 is 0 Å². The van der Waals surface area contributed by atoms with Crippen molar-refractivity contribution in [3.63, 3.8) is 0 Å². The number of benzene rings is 3. The summed E-state index contributed by atoms with van der Waals surface area (Å²) < 4.78 is 0. The highest BCUT2D eigenvalue weighted by Gasteiger charge is 2.27. The molecule has 0 aromatic heterocycles. The zero-order valence-electron chi connectivity index (χ0n) is 14.7. The van der Waals surface area contributed by atoms with Crippen LogP contribution in [0.5, 0.6) is 0 Å². The van der Waals surface area contributed by atoms with Crippen LogP contribution in [-0.4, -0.2) is 12.5 Å². The molecule has 0 aliphatic carbocycles. The van der Waals surface area contributed by atoms with E-state index in [1.54, 1.807) is 0 Å². The SMILES string of the molecule is CCN(C(=O)C(c1ccccc1)c1ccccc1)c1ccc(C)cc1. The number of carbonyl (C=O) groups is 1. The summed E-state index contributed by atoms with van der Waals surface area (Å²) in [6.07, 6.45) is 0. The maximum atomic E-state index is 13.5. The maximum Gasteiger partial charge on any atom is 0.238 e. The molecule has 0 unspecified atom stereocenters. The van der Waals surface area contributed by atoms with Gasteiger partial charge in [0.15, 0.2) is 0 Å². The van der Waals surface area contributed by atoms with E-state index in [0.29, 0.717) is 6.54 Å². The van der Waals surface area contributed by atoms with E-state index in [2.05, 4.69) is 6.92 Å². The molecule has 0 radical (unpaired) electrons. The quantitative estimate of drug-likeness (QED) is 0.631. The van der Waals surface area contributed by atoms with Gasteiger partial charge in [-0.1, -0.05) is 78.4 Å². The van der Waals surface area contributed by atoms with Crippen LogP contribution in [0.4, 0.5) is 5.69 Å². The lowest BCUT2D eigenvalue weighted by molar-refractivity contribution is -0.119. The van der Waals surface area contributed by atoms with E-state index >= 15 is 0 Å². The average Bonchev–Trinajstić information content (AvgIpc) is 2.66. The Morgan fingerprint density at radius 2 is 1.28 bits per heavy atom. The standard InChI is InChI=1S/C23H23NO/c1-3-24(21-16-14-18(2)15-17-21)23(25)22(19-10-6-4-7-11-19)20-12-8-5-9-13-20/h4-17,22H,3H2,1-2H3. The number of hydrogen-bond acceptors (Lipinski definition) is 1. The highest BCUT2D eigenvalue weighted by Crippen LogP contribution is 2.29. The molecule has 0 saturated carbocycles. The van der Waals surface area contributed by atoms with E-state index in [4.69, 9.17) is 0 Å². The molecular weight excluding hydrogens is 306 g/mol. The third-order valence-electron chi connectivity index (χ3n) is 4.44. The molecule has 0 spiro atoms. The Balaban J connectivity index is 2.02. The molecule has 0 atom stereocenters. The fourth-order valence-electron chi connectivity index (χ4n) is 3.11. The van der Waals surface area contributed by atoms with E-state index in [9.17, 15) is 4.79 Å². The fraction of sp³-hybridized carbons (Fsp3) is 0.174. The Morgan fingerprint density at radius 3 is 1.72 bits per heavy atom. The molecule has 126 valence electrons. The monoisotopic (exact) mass is 329 g/mol. The van der Waals surface area contributed by atoms with Gasteiger partial charge in [-0.25, -0.2) is 0 Å². The normalized spacial score (nSPS) is 10.7. The van der Waals surface area contributed by atoms with Crippen molar-refractivity contribution in [2.75, 3.05) is 11.4 Å². The topological polar surface area (TPSA) is 20.3 Å². The second-order valence-corrected chi connectivity index (χ2v) is 6.17. The first kappa shape index (κ1) is 17.0. The van der Waals surface area contributed by atoms with Crippen molar-refractivity contribution in [1.29, 1.82) is 0 Å². The van der Waals surface area contributed by atoms with Gasteiger partial charge in [-0.3, -0.25) is 4.79 Å². The number of likely N-dealkylation sites (N-methyl/N-ethyl adjacent to an activating group) is 1. The largest absolute Gasteiger partial charge is 0.312 e. The molecule has 0 saturated heterocycles. The van der Waals surface area contributed by atoms with Crippen molar-refractivity contribution in [1.82, 2.24) is 0 Å². The van der Waals surface area contributed by atoms with Crippen LogP contribution in [0.3, 0.4) is 0 Å². The first-order chi connectivity index (χ1) is 12.2. The molecule has 1 amide bonds. The molecule has 0 aliphatic heterocycles. The van der Waals surface area contributed by atoms with Crippen LogP contribution in [0.2, 0.25) is 0 Å². The summed E-state index contributed by atoms with van der Waals surface area (Å²) in [4.78, 5) is 15.4. The molecule has 25 heavy (non-hydrogen) atoms. The van der Waals surface area contributed by atoms with Gasteiger partial charge in [0.25, 0.3) is 0 Å². The zero-order valence-corrected chi connectivity index (χ0v) is 14.7. The van der Waals surface area contributed by atoms with Gasteiger partial charge in [0, 0.05) is 12.2 Å². The van der Waals surface area contributed by atoms with Gasteiger partial charge in [-0.15, -0.1) is 0 Å². The van der Waals surface area contributed by atoms with Crippen molar-refractivity contribution in [3.8, 4) is 0 Å². The smallest absolute Gasteiger partial charge is 0.238 e. The van der Waals surface area contributed by atoms with Gasteiger partial charge in [0.05, 0.1) is 5.92 Å². The van der Waals surface area contributed by atoms with Crippen molar-refractivity contribution >= 4 is 11.6 Å². The summed E-state index contributed by atoms with van der Waals surface area (Å²) in [6, 6.07) is 28.1. The van der Waals surface area contributed by atoms with E-state index in [1.165, 1.54) is 5.56 Å². The van der Waals surface area contributed by atoms with Gasteiger partial charge in [-0.05, 0) is 37.1 Å². The number of rotatable bonds is 5. The zero-order chi connectivity index (χ0) is 17.6. The molecular formula is C23H23NO. The van der Waals surface area contributed by atoms with Crippen LogP contribution in [0.15, 0.2) is 84.9 Å². The summed E-state index contributed by atoms with van der Waals surface area (Å²) in [5, 5.41) is 0. The summed E-state index contributed by atoms with van der Waals surface area (Å²) in [5.74, 6) is -0.201. The predicted octanol–water partition coefficient (Wildman–Crippen LogP) is 5.18. The first-order valence-electron chi connectivity index (χ1n) is 8.68. The van der Waals surface area contributed by atoms with E-state index in [0.717, 1.165) is 16.8 Å². The second-order valence-electron chi connectivity index (χ2n) is 6.17. The molecule has 3 aromatic rings. The van der Waals surface area contributed by atoms with Gasteiger partial charge in [-0.2, -0.15) is 0 Å². The Kier molecular flexibility index (Phi) is 5.30. The van der Waals surface area contributed by atoms with Gasteiger partial charge >= 0.3 is 0 Å². The lowest BCUT2D eigenvalue weighted by atomic mass is 9.90. The molecule has 0 N–H and O–H groups in total. The third kappa shape index (κ3) is 3.80. The lowest BCUT2D eigenvalue weighted by Gasteiger charge is -2.27. The van der Waals surface area contributed by atoms with Crippen molar-refractivity contribution in [3.05, 3.63) is 102 Å². The number of amides is 1. The molecule has 0 bridgehead atoms. The number of nitrogens with zero attached hydrogens (tertiary/aromatic N) is 1. The Hall–Kier alpha value is -2.87. The van der Waals surface area contributed by atoms with E-state index in [-0.39, 0.29) is 11.8 Å². The Morgan fingerprint density at radius 1 is 0.800 bits per heavy atom. The minimum atomic E-state index is -0.302. The molecule has 0 aliphatic rings. The minimum absolute atomic E-state index is 0.101. The molecule has 3 aromatic carbocycles. The van der Waals surface area contributed by atoms with Crippen LogP contribution in [0.1, 0.15) is 29.5 Å². The van der Waals surface area contributed by atoms with Crippen molar-refractivity contribution < 1.29 is 4.79 Å². The third-order valence-corrected chi connectivity index (χ3v) is 4.44. The predicted molar refractivity (Wildman–Crippen MR) is 104 cm³/mol. The number of hydrogen-bond donors (Lipinski definition) is 0. The Labute approximate surface area is 149 Å². The molecule has 3 rings (SSSR count). The van der Waals surface area contributed by atoms with E-state index in [1.807, 2.05) is 96.8 Å². The summed E-state index contributed by atoms with van der Waals surface area (Å²) in [5.41, 5.74) is 4.17. The molecule has 2 nitrogen and oxygen atoms in total. The van der Waals surface area contributed by atoms with Crippen molar-refractivity contribution in [2.45, 2.75) is 19.8 Å². The fourth-order valence-corrected chi connectivity index (χ4v) is 3.11. The van der Waals surface area contributed by atoms with Gasteiger partial charge < -0.3 is 4.90 Å². The van der Waals surface area contributed by atoms with Crippen LogP contribution in [0, 0.1) is 6.92 Å². The van der Waals surface area contributed by atoms with Gasteiger partial charge in [0.2, 0.25) is 5.91 Å². The Bertz CT molecular complexity index is 770. The van der Waals surface area contributed by atoms with Crippen LogP contribution in [0.25, 0.3) is 0 Å². The van der Waals surface area contributed by atoms with Crippen LogP contribution in [-0.2, 0) is 4.79 Å². The van der Waals surface area contributed by atoms with Crippen LogP contribution < -0.4 is 4.90 Å². The van der Waals surface area contributed by atoms with Crippen molar-refractivity contribution in [2.24, 2.45) is 0 Å². The first-order valence-corrected chi connectivity index (χ1v) is 8.68. The average molecular weight is 329 g/mol. The lowest BCUT2D eigenvalue weighted by Crippen LogP contribution is -2.35. The second kappa shape index (κ2) is 7.80. The maximum absolute atomic E-state index is 13.5. The molecule has 0 heterocycles. The molecule has 2 heteroatoms.